The number of nitrogens with one attached hydrogen (secondary N) is 1. The highest BCUT2D eigenvalue weighted by Crippen LogP contribution is 2.24. The molecule has 0 amide bonds. The largest absolute Gasteiger partial charge is 0.392 e. The molecule has 2 N–H and O–H groups in total. The van der Waals surface area contributed by atoms with E-state index in [4.69, 9.17) is 9.26 Å². The summed E-state index contributed by atoms with van der Waals surface area (Å²) >= 11 is 0. The van der Waals surface area contributed by atoms with E-state index in [1.807, 2.05) is 6.92 Å². The minimum atomic E-state index is -0.329. The van der Waals surface area contributed by atoms with Gasteiger partial charge in [0, 0.05) is 13.7 Å². The molecule has 6 heteroatoms. The van der Waals surface area contributed by atoms with Gasteiger partial charge >= 0.3 is 0 Å². The summed E-state index contributed by atoms with van der Waals surface area (Å²) in [6.07, 6.45) is 0.968. The van der Waals surface area contributed by atoms with Crippen molar-refractivity contribution in [2.24, 2.45) is 0 Å². The predicted octanol–water partition coefficient (Wildman–Crippen LogP) is 0.562. The van der Waals surface area contributed by atoms with E-state index in [2.05, 4.69) is 15.5 Å². The van der Waals surface area contributed by atoms with Crippen LogP contribution in [0.5, 0.6) is 0 Å². The number of aliphatic hydroxyl groups is 1. The van der Waals surface area contributed by atoms with E-state index in [-0.39, 0.29) is 18.2 Å². The number of aliphatic hydroxyl groups excluding tert-OH is 1. The molecule has 0 aromatic carbocycles. The van der Waals surface area contributed by atoms with E-state index in [1.165, 1.54) is 0 Å². The summed E-state index contributed by atoms with van der Waals surface area (Å²) in [7, 11) is 1.63. The minimum Gasteiger partial charge on any atom is -0.392 e. The number of rotatable bonds is 4. The number of ether oxygens (including phenoxy) is 1. The van der Waals surface area contributed by atoms with E-state index in [9.17, 15) is 5.11 Å². The van der Waals surface area contributed by atoms with Crippen LogP contribution in [0.25, 0.3) is 0 Å². The van der Waals surface area contributed by atoms with Crippen LogP contribution in [-0.2, 0) is 4.74 Å². The van der Waals surface area contributed by atoms with Crippen molar-refractivity contribution in [1.82, 2.24) is 15.5 Å². The summed E-state index contributed by atoms with van der Waals surface area (Å²) in [4.78, 5) is 4.29. The van der Waals surface area contributed by atoms with Gasteiger partial charge in [-0.3, -0.25) is 0 Å². The Morgan fingerprint density at radius 2 is 2.50 bits per heavy atom. The van der Waals surface area contributed by atoms with Gasteiger partial charge in [0.15, 0.2) is 0 Å². The molecule has 0 saturated carbocycles. The quantitative estimate of drug-likeness (QED) is 0.782. The lowest BCUT2D eigenvalue weighted by molar-refractivity contribution is 0.0903. The Balaban J connectivity index is 2.07. The number of aromatic nitrogens is 2. The third-order valence-electron chi connectivity index (χ3n) is 2.81. The van der Waals surface area contributed by atoms with Gasteiger partial charge in [-0.2, -0.15) is 4.98 Å². The van der Waals surface area contributed by atoms with Gasteiger partial charge < -0.3 is 19.7 Å². The number of hydrogen-bond acceptors (Lipinski definition) is 6. The lowest BCUT2D eigenvalue weighted by Crippen LogP contribution is -2.15. The molecule has 6 nitrogen and oxygen atoms in total. The first-order valence-electron chi connectivity index (χ1n) is 5.52. The average molecular weight is 227 g/mol. The first kappa shape index (κ1) is 11.5. The monoisotopic (exact) mass is 227 g/mol. The van der Waals surface area contributed by atoms with Crippen LogP contribution >= 0.6 is 0 Å². The Labute approximate surface area is 94.0 Å². The van der Waals surface area contributed by atoms with E-state index >= 15 is 0 Å². The second-order valence-corrected chi connectivity index (χ2v) is 3.97. The van der Waals surface area contributed by atoms with Crippen LogP contribution in [0, 0.1) is 0 Å². The predicted molar refractivity (Wildman–Crippen MR) is 55.7 cm³/mol. The summed E-state index contributed by atoms with van der Waals surface area (Å²) in [5, 5.41) is 16.4. The molecule has 1 aliphatic rings. The van der Waals surface area contributed by atoms with Crippen molar-refractivity contribution < 1.29 is 14.4 Å². The van der Waals surface area contributed by atoms with Gasteiger partial charge in [-0.25, -0.2) is 0 Å². The van der Waals surface area contributed by atoms with Gasteiger partial charge in [0.05, 0.1) is 12.1 Å². The summed E-state index contributed by atoms with van der Waals surface area (Å²) in [5.74, 6) is 1.10. The van der Waals surface area contributed by atoms with Crippen LogP contribution in [0.3, 0.4) is 0 Å². The van der Waals surface area contributed by atoms with Crippen molar-refractivity contribution in [3.05, 3.63) is 11.7 Å². The lowest BCUT2D eigenvalue weighted by Gasteiger charge is -2.06. The summed E-state index contributed by atoms with van der Waals surface area (Å²) in [6.45, 7) is 2.58. The maximum atomic E-state index is 9.39. The molecule has 0 bridgehead atoms. The molecule has 1 aromatic heterocycles. The molecule has 3 atom stereocenters. The topological polar surface area (TPSA) is 80.4 Å². The Morgan fingerprint density at radius 1 is 1.69 bits per heavy atom. The van der Waals surface area contributed by atoms with Gasteiger partial charge in [-0.15, -0.1) is 0 Å². The molecule has 1 saturated heterocycles. The second kappa shape index (κ2) is 4.90. The molecule has 16 heavy (non-hydrogen) atoms. The summed E-state index contributed by atoms with van der Waals surface area (Å²) in [5.41, 5.74) is 0. The van der Waals surface area contributed by atoms with E-state index in [0.29, 0.717) is 24.7 Å². The smallest absolute Gasteiger partial charge is 0.243 e. The zero-order valence-corrected chi connectivity index (χ0v) is 9.51. The van der Waals surface area contributed by atoms with Crippen molar-refractivity contribution in [3.63, 3.8) is 0 Å². The fraction of sp³-hybridized carbons (Fsp3) is 0.800. The van der Waals surface area contributed by atoms with Crippen LogP contribution in [0.1, 0.15) is 43.6 Å². The highest BCUT2D eigenvalue weighted by Gasteiger charge is 2.29. The Hall–Kier alpha value is -0.980. The van der Waals surface area contributed by atoms with Crippen LogP contribution in [0.2, 0.25) is 0 Å². The molecule has 2 rings (SSSR count). The van der Waals surface area contributed by atoms with Gasteiger partial charge in [-0.05, 0) is 12.8 Å². The molecule has 90 valence electrons. The zero-order chi connectivity index (χ0) is 11.5. The molecule has 2 heterocycles. The SMILES string of the molecule is CCC(OC)c1noc([C@H]2C[C@@H](O)CN2)n1. The molecule has 0 aliphatic carbocycles. The lowest BCUT2D eigenvalue weighted by atomic mass is 10.2. The number of β-amino-alcohol motifs (C(OH)–C–C–N with tert-alkyl or cyclic N) is 1. The van der Waals surface area contributed by atoms with Gasteiger partial charge in [-0.1, -0.05) is 12.1 Å². The fourth-order valence-electron chi connectivity index (χ4n) is 1.88. The second-order valence-electron chi connectivity index (χ2n) is 3.97. The molecule has 1 aromatic rings. The third-order valence-corrected chi connectivity index (χ3v) is 2.81. The first-order chi connectivity index (χ1) is 7.74. The average Bonchev–Trinajstić information content (AvgIpc) is 2.89. The standard InChI is InChI=1S/C10H17N3O3/c1-3-8(15-2)9-12-10(16-13-9)7-4-6(14)5-11-7/h6-8,11,14H,3-5H2,1-2H3/t6-,7-,8?/m1/s1. The van der Waals surface area contributed by atoms with Gasteiger partial charge in [0.1, 0.15) is 6.10 Å². The van der Waals surface area contributed by atoms with Gasteiger partial charge in [0.2, 0.25) is 11.7 Å². The highest BCUT2D eigenvalue weighted by atomic mass is 16.5. The molecule has 1 unspecified atom stereocenters. The zero-order valence-electron chi connectivity index (χ0n) is 9.51. The number of methoxy groups -OCH3 is 1. The number of hydrogen-bond donors (Lipinski definition) is 2. The van der Waals surface area contributed by atoms with Crippen molar-refractivity contribution in [3.8, 4) is 0 Å². The number of nitrogens with zero attached hydrogens (tertiary/aromatic N) is 2. The minimum absolute atomic E-state index is 0.0365. The Kier molecular flexibility index (Phi) is 3.52. The van der Waals surface area contributed by atoms with Crippen LogP contribution in [-0.4, -0.2) is 35.0 Å². The van der Waals surface area contributed by atoms with E-state index in [0.717, 1.165) is 6.42 Å². The van der Waals surface area contributed by atoms with Crippen molar-refractivity contribution in [1.29, 1.82) is 0 Å². The maximum absolute atomic E-state index is 9.39. The van der Waals surface area contributed by atoms with Crippen molar-refractivity contribution in [2.75, 3.05) is 13.7 Å². The Morgan fingerprint density at radius 3 is 3.06 bits per heavy atom. The van der Waals surface area contributed by atoms with E-state index < -0.39 is 0 Å². The highest BCUT2D eigenvalue weighted by molar-refractivity contribution is 4.99. The fourth-order valence-corrected chi connectivity index (χ4v) is 1.88. The van der Waals surface area contributed by atoms with Crippen LogP contribution < -0.4 is 5.32 Å². The van der Waals surface area contributed by atoms with Crippen molar-refractivity contribution in [2.45, 2.75) is 38.0 Å². The summed E-state index contributed by atoms with van der Waals surface area (Å²) in [6, 6.07) is -0.0365. The van der Waals surface area contributed by atoms with E-state index in [1.54, 1.807) is 7.11 Å². The molecule has 1 fully saturated rings. The van der Waals surface area contributed by atoms with Crippen LogP contribution in [0.4, 0.5) is 0 Å². The molecular formula is C10H17N3O3. The third kappa shape index (κ3) is 2.23. The summed E-state index contributed by atoms with van der Waals surface area (Å²) < 4.78 is 10.4. The molecule has 0 spiro atoms. The Bertz CT molecular complexity index is 338. The van der Waals surface area contributed by atoms with Crippen LogP contribution in [0.15, 0.2) is 4.52 Å². The van der Waals surface area contributed by atoms with Gasteiger partial charge in [0.25, 0.3) is 0 Å². The van der Waals surface area contributed by atoms with Crippen molar-refractivity contribution >= 4 is 0 Å². The molecular weight excluding hydrogens is 210 g/mol. The first-order valence-corrected chi connectivity index (χ1v) is 5.52. The maximum Gasteiger partial charge on any atom is 0.243 e. The normalized spacial score (nSPS) is 27.2. The molecule has 0 radical (unpaired) electrons. The molecule has 1 aliphatic heterocycles.